The maximum absolute atomic E-state index is 11.4. The average Bonchev–Trinajstić information content (AvgIpc) is 3.12. The number of hydrogen-bond acceptors (Lipinski definition) is 3. The normalized spacial score (nSPS) is 12.6. The summed E-state index contributed by atoms with van der Waals surface area (Å²) < 4.78 is 5.85. The summed E-state index contributed by atoms with van der Waals surface area (Å²) in [5.41, 5.74) is 4.30. The SMILES string of the molecule is Cc1cc(P(c2ccco2)c2cc(C)cc(C(C)(C)C)c2O)c(O)c(C(C)(C)C)c1. The lowest BCUT2D eigenvalue weighted by Crippen LogP contribution is -2.25. The largest absolute Gasteiger partial charge is 0.507 e. The first-order valence-corrected chi connectivity index (χ1v) is 11.7. The number of benzene rings is 2. The Morgan fingerprint density at radius 1 is 0.733 bits per heavy atom. The smallest absolute Gasteiger partial charge is 0.134 e. The van der Waals surface area contributed by atoms with Crippen LogP contribution >= 0.6 is 7.92 Å². The van der Waals surface area contributed by atoms with E-state index in [4.69, 9.17) is 4.42 Å². The number of hydrogen-bond donors (Lipinski definition) is 2. The zero-order chi connectivity index (χ0) is 22.4. The molecule has 0 bridgehead atoms. The predicted octanol–water partition coefficient (Wildman–Crippen LogP) is 5.66. The van der Waals surface area contributed by atoms with E-state index in [0.29, 0.717) is 0 Å². The lowest BCUT2D eigenvalue weighted by Gasteiger charge is -2.28. The van der Waals surface area contributed by atoms with Gasteiger partial charge >= 0.3 is 0 Å². The topological polar surface area (TPSA) is 53.6 Å². The van der Waals surface area contributed by atoms with Gasteiger partial charge in [-0.2, -0.15) is 0 Å². The first-order chi connectivity index (χ1) is 13.8. The fourth-order valence-electron chi connectivity index (χ4n) is 3.77. The summed E-state index contributed by atoms with van der Waals surface area (Å²) in [6, 6.07) is 11.9. The number of phenolic OH excluding ortho intramolecular Hbond substituents is 2. The van der Waals surface area contributed by atoms with E-state index in [1.54, 1.807) is 6.26 Å². The van der Waals surface area contributed by atoms with Crippen molar-refractivity contribution in [3.8, 4) is 11.5 Å². The van der Waals surface area contributed by atoms with Gasteiger partial charge in [-0.05, 0) is 60.1 Å². The van der Waals surface area contributed by atoms with Gasteiger partial charge in [0.2, 0.25) is 0 Å². The molecule has 3 rings (SSSR count). The molecule has 0 amide bonds. The number of furan rings is 1. The Morgan fingerprint density at radius 2 is 1.17 bits per heavy atom. The van der Waals surface area contributed by atoms with E-state index in [1.807, 2.05) is 50.2 Å². The quantitative estimate of drug-likeness (QED) is 0.534. The molecule has 0 aliphatic carbocycles. The molecule has 2 aromatic carbocycles. The van der Waals surface area contributed by atoms with E-state index in [-0.39, 0.29) is 22.3 Å². The van der Waals surface area contributed by atoms with Crippen molar-refractivity contribution in [2.45, 2.75) is 66.2 Å². The van der Waals surface area contributed by atoms with Crippen molar-refractivity contribution >= 4 is 24.0 Å². The summed E-state index contributed by atoms with van der Waals surface area (Å²) in [7, 11) is -1.28. The third kappa shape index (κ3) is 4.27. The minimum atomic E-state index is -1.28. The van der Waals surface area contributed by atoms with Gasteiger partial charge in [0.25, 0.3) is 0 Å². The standard InChI is InChI=1S/C26H33O3P/c1-16-12-18(25(3,4)5)23(27)20(14-16)30(22-10-9-11-29-22)21-15-17(2)13-19(24(21)28)26(6,7)8/h9-15,27-28H,1-8H3. The zero-order valence-electron chi connectivity index (χ0n) is 19.3. The van der Waals surface area contributed by atoms with E-state index in [2.05, 4.69) is 41.5 Å². The molecule has 0 atom stereocenters. The Balaban J connectivity index is 2.37. The van der Waals surface area contributed by atoms with Crippen LogP contribution in [0.4, 0.5) is 0 Å². The second kappa shape index (κ2) is 7.78. The molecule has 4 heteroatoms. The molecule has 0 spiro atoms. The highest BCUT2D eigenvalue weighted by Crippen LogP contribution is 2.45. The van der Waals surface area contributed by atoms with Gasteiger partial charge in [-0.15, -0.1) is 0 Å². The number of aromatic hydroxyl groups is 2. The molecule has 3 nitrogen and oxygen atoms in total. The van der Waals surface area contributed by atoms with Crippen LogP contribution < -0.4 is 16.1 Å². The van der Waals surface area contributed by atoms with Crippen LogP contribution in [0.5, 0.6) is 11.5 Å². The van der Waals surface area contributed by atoms with Gasteiger partial charge in [-0.3, -0.25) is 0 Å². The Hall–Kier alpha value is -2.25. The van der Waals surface area contributed by atoms with Crippen molar-refractivity contribution < 1.29 is 14.6 Å². The fourth-order valence-corrected chi connectivity index (χ4v) is 6.23. The highest BCUT2D eigenvalue weighted by Gasteiger charge is 2.31. The maximum Gasteiger partial charge on any atom is 0.134 e. The first-order valence-electron chi connectivity index (χ1n) is 10.3. The highest BCUT2D eigenvalue weighted by molar-refractivity contribution is 7.79. The molecular weight excluding hydrogens is 391 g/mol. The molecule has 0 aliphatic rings. The van der Waals surface area contributed by atoms with Crippen LogP contribution in [0.1, 0.15) is 63.8 Å². The Kier molecular flexibility index (Phi) is 5.82. The molecule has 2 N–H and O–H groups in total. The summed E-state index contributed by atoms with van der Waals surface area (Å²) in [4.78, 5) is 0. The van der Waals surface area contributed by atoms with Gasteiger partial charge in [0, 0.05) is 29.7 Å². The number of aryl methyl sites for hydroxylation is 2. The lowest BCUT2D eigenvalue weighted by atomic mass is 9.85. The average molecular weight is 425 g/mol. The molecule has 1 heterocycles. The molecule has 1 aromatic heterocycles. The Labute approximate surface area is 181 Å². The molecule has 0 unspecified atom stereocenters. The van der Waals surface area contributed by atoms with Crippen molar-refractivity contribution in [3.63, 3.8) is 0 Å². The molecule has 0 saturated heterocycles. The van der Waals surface area contributed by atoms with Crippen LogP contribution in [-0.4, -0.2) is 10.2 Å². The van der Waals surface area contributed by atoms with Crippen molar-refractivity contribution in [1.29, 1.82) is 0 Å². The third-order valence-electron chi connectivity index (χ3n) is 5.29. The zero-order valence-corrected chi connectivity index (χ0v) is 20.2. The van der Waals surface area contributed by atoms with Crippen molar-refractivity contribution in [2.24, 2.45) is 0 Å². The van der Waals surface area contributed by atoms with E-state index in [0.717, 1.165) is 38.4 Å². The molecule has 30 heavy (non-hydrogen) atoms. The van der Waals surface area contributed by atoms with Crippen LogP contribution in [-0.2, 0) is 10.8 Å². The van der Waals surface area contributed by atoms with Crippen molar-refractivity contribution in [1.82, 2.24) is 0 Å². The van der Waals surface area contributed by atoms with Gasteiger partial charge in [-0.25, -0.2) is 0 Å². The predicted molar refractivity (Wildman–Crippen MR) is 128 cm³/mol. The Bertz CT molecular complexity index is 982. The van der Waals surface area contributed by atoms with Gasteiger partial charge < -0.3 is 14.6 Å². The van der Waals surface area contributed by atoms with E-state index < -0.39 is 7.92 Å². The summed E-state index contributed by atoms with van der Waals surface area (Å²) >= 11 is 0. The minimum Gasteiger partial charge on any atom is -0.507 e. The minimum absolute atomic E-state index is 0.208. The van der Waals surface area contributed by atoms with E-state index >= 15 is 0 Å². The van der Waals surface area contributed by atoms with Gasteiger partial charge in [0.05, 0.1) is 6.26 Å². The molecule has 0 aliphatic heterocycles. The molecule has 3 aromatic rings. The van der Waals surface area contributed by atoms with E-state index in [1.165, 1.54) is 0 Å². The van der Waals surface area contributed by atoms with Gasteiger partial charge in [0.1, 0.15) is 17.0 Å². The summed E-state index contributed by atoms with van der Waals surface area (Å²) in [5.74, 6) is 0.572. The number of phenols is 2. The Morgan fingerprint density at radius 3 is 1.50 bits per heavy atom. The number of rotatable bonds is 3. The molecule has 0 radical (unpaired) electrons. The van der Waals surface area contributed by atoms with Crippen LogP contribution in [0.15, 0.2) is 47.1 Å². The third-order valence-corrected chi connectivity index (χ3v) is 7.63. The molecule has 0 fully saturated rings. The van der Waals surface area contributed by atoms with Crippen molar-refractivity contribution in [3.05, 3.63) is 64.9 Å². The lowest BCUT2D eigenvalue weighted by molar-refractivity contribution is 0.450. The van der Waals surface area contributed by atoms with Crippen LogP contribution in [0.2, 0.25) is 0 Å². The summed E-state index contributed by atoms with van der Waals surface area (Å²) in [5, 5.41) is 24.3. The van der Waals surface area contributed by atoms with Crippen molar-refractivity contribution in [2.75, 3.05) is 0 Å². The molecule has 160 valence electrons. The van der Waals surface area contributed by atoms with Crippen LogP contribution in [0.3, 0.4) is 0 Å². The van der Waals surface area contributed by atoms with Gasteiger partial charge in [-0.1, -0.05) is 53.7 Å². The monoisotopic (exact) mass is 424 g/mol. The van der Waals surface area contributed by atoms with Crippen LogP contribution in [0.25, 0.3) is 0 Å². The summed E-state index contributed by atoms with van der Waals surface area (Å²) in [6.45, 7) is 16.7. The molecular formula is C26H33O3P. The maximum atomic E-state index is 11.4. The fraction of sp³-hybridized carbons (Fsp3) is 0.385. The second-order valence-corrected chi connectivity index (χ2v) is 12.2. The van der Waals surface area contributed by atoms with Crippen LogP contribution in [0, 0.1) is 13.8 Å². The van der Waals surface area contributed by atoms with E-state index in [9.17, 15) is 10.2 Å². The van der Waals surface area contributed by atoms with Gasteiger partial charge in [0.15, 0.2) is 0 Å². The first kappa shape index (κ1) is 22.4. The second-order valence-electron chi connectivity index (χ2n) is 10.1. The summed E-state index contributed by atoms with van der Waals surface area (Å²) in [6.07, 6.45) is 1.65. The highest BCUT2D eigenvalue weighted by atomic mass is 31.1. The molecule has 0 saturated carbocycles.